The van der Waals surface area contributed by atoms with E-state index in [0.29, 0.717) is 17.4 Å². The minimum atomic E-state index is -2.71. The fraction of sp³-hybridized carbons (Fsp3) is 0.333. The zero-order valence-corrected chi connectivity index (χ0v) is 21.7. The molecule has 2 aromatic carbocycles. The monoisotopic (exact) mass is 537 g/mol. The summed E-state index contributed by atoms with van der Waals surface area (Å²) < 4.78 is 36.6. The van der Waals surface area contributed by atoms with Gasteiger partial charge in [-0.2, -0.15) is 10.1 Å². The molecule has 0 bridgehead atoms. The lowest BCUT2D eigenvalue weighted by Crippen LogP contribution is -2.57. The van der Waals surface area contributed by atoms with E-state index in [0.717, 1.165) is 40.6 Å². The third-order valence-electron chi connectivity index (χ3n) is 6.73. The fourth-order valence-electron chi connectivity index (χ4n) is 4.39. The van der Waals surface area contributed by atoms with E-state index in [4.69, 9.17) is 9.47 Å². The largest absolute Gasteiger partial charge is 0.497 e. The number of carbonyl (C=O) groups excluding carboxylic acids is 1. The van der Waals surface area contributed by atoms with Crippen LogP contribution in [0.25, 0.3) is 10.9 Å². The van der Waals surface area contributed by atoms with Gasteiger partial charge in [0.15, 0.2) is 17.4 Å². The van der Waals surface area contributed by atoms with Gasteiger partial charge < -0.3 is 29.8 Å². The molecule has 0 spiro atoms. The first-order chi connectivity index (χ1) is 18.8. The van der Waals surface area contributed by atoms with Crippen molar-refractivity contribution in [3.8, 4) is 11.5 Å². The summed E-state index contributed by atoms with van der Waals surface area (Å²) in [6, 6.07) is 13.7. The SMILES string of the molecule is CNc1ccc(OC)cc1.COc1cnc(N2CC(F)(F)C2)nc1Nc1n[nH]c2cc([C@@H]3CC3C=O)ccc12. The quantitative estimate of drug-likeness (QED) is 0.277. The van der Waals surface area contributed by atoms with Crippen LogP contribution >= 0.6 is 0 Å². The van der Waals surface area contributed by atoms with Gasteiger partial charge in [-0.25, -0.2) is 13.8 Å². The Morgan fingerprint density at radius 3 is 2.49 bits per heavy atom. The van der Waals surface area contributed by atoms with Crippen LogP contribution in [0.4, 0.5) is 32.1 Å². The van der Waals surface area contributed by atoms with Crippen molar-refractivity contribution < 1.29 is 23.0 Å². The standard InChI is InChI=1S/C19H18F2N6O2.C8H11NO/c1-29-15-6-22-18(27-8-19(20,21)9-27)24-17(15)23-16-12-3-2-10(5-14(12)25-26-16)13-4-11(13)7-28;1-9-7-3-5-8(10-2)6-4-7/h2-3,5-7,11,13H,4,8-9H2,1H3,(H2,22,23,24,25,26);3-6,9H,1-2H3/t11?,13-;/m0./s1. The van der Waals surface area contributed by atoms with Crippen molar-refractivity contribution in [3.63, 3.8) is 0 Å². The van der Waals surface area contributed by atoms with Gasteiger partial charge in [-0.15, -0.1) is 0 Å². The first-order valence-electron chi connectivity index (χ1n) is 12.4. The summed E-state index contributed by atoms with van der Waals surface area (Å²) in [4.78, 5) is 20.8. The van der Waals surface area contributed by atoms with Crippen molar-refractivity contribution in [3.05, 3.63) is 54.2 Å². The molecule has 2 aliphatic rings. The van der Waals surface area contributed by atoms with Crippen molar-refractivity contribution in [2.45, 2.75) is 18.3 Å². The molecule has 1 saturated carbocycles. The molecule has 2 fully saturated rings. The first-order valence-corrected chi connectivity index (χ1v) is 12.4. The number of hydrogen-bond donors (Lipinski definition) is 3. The van der Waals surface area contributed by atoms with Crippen LogP contribution in [0.15, 0.2) is 48.7 Å². The van der Waals surface area contributed by atoms with E-state index in [1.807, 2.05) is 49.5 Å². The molecule has 3 N–H and O–H groups in total. The normalized spacial score (nSPS) is 18.8. The minimum absolute atomic E-state index is 0.102. The Bertz CT molecular complexity index is 1430. The zero-order valence-electron chi connectivity index (χ0n) is 21.7. The van der Waals surface area contributed by atoms with Crippen molar-refractivity contribution in [2.75, 3.05) is 49.9 Å². The molecular weight excluding hydrogens is 508 g/mol. The summed E-state index contributed by atoms with van der Waals surface area (Å²) in [7, 11) is 5.03. The number of alkyl halides is 2. The molecule has 204 valence electrons. The molecule has 2 atom stereocenters. The summed E-state index contributed by atoms with van der Waals surface area (Å²) in [6.45, 7) is -0.814. The van der Waals surface area contributed by atoms with Crippen molar-refractivity contribution >= 4 is 40.5 Å². The number of ether oxygens (including phenoxy) is 2. The topological polar surface area (TPSA) is 117 Å². The smallest absolute Gasteiger partial charge is 0.282 e. The lowest BCUT2D eigenvalue weighted by atomic mass is 10.1. The molecule has 0 amide bonds. The fourth-order valence-corrected chi connectivity index (χ4v) is 4.39. The molecule has 1 saturated heterocycles. The number of rotatable bonds is 8. The van der Waals surface area contributed by atoms with Crippen LogP contribution in [0.1, 0.15) is 17.9 Å². The van der Waals surface area contributed by atoms with Gasteiger partial charge in [0.1, 0.15) is 12.0 Å². The van der Waals surface area contributed by atoms with Crippen molar-refractivity contribution in [1.82, 2.24) is 20.2 Å². The maximum absolute atomic E-state index is 13.2. The molecule has 1 unspecified atom stereocenters. The maximum Gasteiger partial charge on any atom is 0.282 e. The average molecular weight is 538 g/mol. The average Bonchev–Trinajstić information content (AvgIpc) is 3.64. The Labute approximate surface area is 223 Å². The number of carbonyl (C=O) groups is 1. The zero-order chi connectivity index (χ0) is 27.6. The summed E-state index contributed by atoms with van der Waals surface area (Å²) in [6.07, 6.45) is 3.33. The predicted molar refractivity (Wildman–Crippen MR) is 145 cm³/mol. The molecule has 10 nitrogen and oxygen atoms in total. The summed E-state index contributed by atoms with van der Waals surface area (Å²) in [5, 5.41) is 14.3. The second-order valence-corrected chi connectivity index (χ2v) is 9.42. The van der Waals surface area contributed by atoms with Crippen LogP contribution < -0.4 is 25.0 Å². The van der Waals surface area contributed by atoms with Crippen LogP contribution in [-0.2, 0) is 4.79 Å². The highest BCUT2D eigenvalue weighted by molar-refractivity contribution is 5.92. The van der Waals surface area contributed by atoms with Gasteiger partial charge >= 0.3 is 0 Å². The molecule has 4 aromatic rings. The second-order valence-electron chi connectivity index (χ2n) is 9.42. The number of methoxy groups -OCH3 is 2. The van der Waals surface area contributed by atoms with E-state index in [2.05, 4.69) is 30.8 Å². The number of anilines is 4. The Balaban J connectivity index is 0.000000261. The molecule has 3 heterocycles. The van der Waals surface area contributed by atoms with Crippen LogP contribution in [0.3, 0.4) is 0 Å². The molecule has 1 aliphatic carbocycles. The molecule has 39 heavy (non-hydrogen) atoms. The Morgan fingerprint density at radius 2 is 1.87 bits per heavy atom. The van der Waals surface area contributed by atoms with E-state index in [1.54, 1.807) is 7.11 Å². The van der Waals surface area contributed by atoms with Gasteiger partial charge in [-0.1, -0.05) is 6.07 Å². The van der Waals surface area contributed by atoms with Gasteiger partial charge in [-0.3, -0.25) is 5.10 Å². The van der Waals surface area contributed by atoms with Crippen molar-refractivity contribution in [1.29, 1.82) is 0 Å². The number of aromatic amines is 1. The Hall–Kier alpha value is -4.48. The number of fused-ring (bicyclic) bond motifs is 1. The van der Waals surface area contributed by atoms with E-state index < -0.39 is 19.0 Å². The van der Waals surface area contributed by atoms with Gasteiger partial charge in [-0.05, 0) is 54.3 Å². The van der Waals surface area contributed by atoms with Gasteiger partial charge in [0.2, 0.25) is 5.95 Å². The van der Waals surface area contributed by atoms with E-state index in [9.17, 15) is 13.6 Å². The molecule has 1 aliphatic heterocycles. The number of halogens is 2. The molecule has 12 heteroatoms. The number of benzene rings is 2. The van der Waals surface area contributed by atoms with Gasteiger partial charge in [0.25, 0.3) is 5.92 Å². The predicted octanol–water partition coefficient (Wildman–Crippen LogP) is 4.60. The summed E-state index contributed by atoms with van der Waals surface area (Å²) in [5.41, 5.74) is 3.03. The summed E-state index contributed by atoms with van der Waals surface area (Å²) in [5.74, 6) is 0.00715. The molecule has 0 radical (unpaired) electrons. The van der Waals surface area contributed by atoms with E-state index in [-0.39, 0.29) is 17.8 Å². The minimum Gasteiger partial charge on any atom is -0.497 e. The maximum atomic E-state index is 13.2. The van der Waals surface area contributed by atoms with Crippen molar-refractivity contribution in [2.24, 2.45) is 5.92 Å². The van der Waals surface area contributed by atoms with Gasteiger partial charge in [0, 0.05) is 24.0 Å². The summed E-state index contributed by atoms with van der Waals surface area (Å²) >= 11 is 0. The highest BCUT2D eigenvalue weighted by Gasteiger charge is 2.45. The van der Waals surface area contributed by atoms with E-state index >= 15 is 0 Å². The number of aromatic nitrogens is 4. The van der Waals surface area contributed by atoms with Gasteiger partial charge in [0.05, 0.1) is 39.0 Å². The number of hydrogen-bond acceptors (Lipinski definition) is 9. The van der Waals surface area contributed by atoms with Crippen LogP contribution in [-0.4, -0.2) is 66.7 Å². The Morgan fingerprint density at radius 1 is 1.10 bits per heavy atom. The highest BCUT2D eigenvalue weighted by atomic mass is 19.3. The number of nitrogens with one attached hydrogen (secondary N) is 3. The number of aldehydes is 1. The first kappa shape index (κ1) is 26.1. The molecular formula is C27H29F2N7O3. The van der Waals surface area contributed by atoms with E-state index in [1.165, 1.54) is 18.2 Å². The third kappa shape index (κ3) is 5.69. The third-order valence-corrected chi connectivity index (χ3v) is 6.73. The molecule has 2 aromatic heterocycles. The lowest BCUT2D eigenvalue weighted by molar-refractivity contribution is -0.108. The molecule has 6 rings (SSSR count). The number of H-pyrrole nitrogens is 1. The number of nitrogens with zero attached hydrogens (tertiary/aromatic N) is 4. The Kier molecular flexibility index (Phi) is 7.18. The lowest BCUT2D eigenvalue weighted by Gasteiger charge is -2.38. The highest BCUT2D eigenvalue weighted by Crippen LogP contribution is 2.46. The van der Waals surface area contributed by atoms with Crippen LogP contribution in [0.2, 0.25) is 0 Å². The van der Waals surface area contributed by atoms with Crippen LogP contribution in [0, 0.1) is 5.92 Å². The van der Waals surface area contributed by atoms with Crippen LogP contribution in [0.5, 0.6) is 11.5 Å². The second kappa shape index (κ2) is 10.7.